The zero-order valence-electron chi connectivity index (χ0n) is 15.8. The molecule has 164 valence electrons. The first-order valence-electron chi connectivity index (χ1n) is 9.14. The summed E-state index contributed by atoms with van der Waals surface area (Å²) >= 11 is 0. The lowest BCUT2D eigenvalue weighted by Crippen LogP contribution is -2.49. The van der Waals surface area contributed by atoms with E-state index in [-0.39, 0.29) is 11.7 Å². The smallest absolute Gasteiger partial charge is 0.475 e. The van der Waals surface area contributed by atoms with Gasteiger partial charge in [0.2, 0.25) is 10.0 Å². The molecule has 3 fully saturated rings. The molecule has 12 heteroatoms. The van der Waals surface area contributed by atoms with Crippen LogP contribution >= 0.6 is 0 Å². The number of rotatable bonds is 3. The molecule has 0 aromatic heterocycles. The molecule has 3 rings (SSSR count). The number of hydrogen-bond donors (Lipinski definition) is 1. The molecule has 28 heavy (non-hydrogen) atoms. The summed E-state index contributed by atoms with van der Waals surface area (Å²) in [6.07, 6.45) is 0.472. The highest BCUT2D eigenvalue weighted by atomic mass is 32.2. The molecule has 3 heterocycles. The monoisotopic (exact) mass is 432 g/mol. The molecule has 1 spiro atoms. The first-order valence-corrected chi connectivity index (χ1v) is 11.0. The number of aliphatic carboxylic acids is 1. The number of carboxylic acid groups (broad SMARTS) is 1. The second-order valence-electron chi connectivity index (χ2n) is 7.38. The quantitative estimate of drug-likeness (QED) is 0.709. The number of nitrogens with zero attached hydrogens (tertiary/aromatic N) is 2. The number of hydrogen-bond acceptors (Lipinski definition) is 6. The van der Waals surface area contributed by atoms with Gasteiger partial charge in [-0.15, -0.1) is 0 Å². The van der Waals surface area contributed by atoms with E-state index in [4.69, 9.17) is 19.4 Å². The minimum absolute atomic E-state index is 0.233. The Morgan fingerprint density at radius 1 is 1.21 bits per heavy atom. The van der Waals surface area contributed by atoms with Crippen LogP contribution in [0.1, 0.15) is 25.7 Å². The van der Waals surface area contributed by atoms with Crippen molar-refractivity contribution in [2.45, 2.75) is 43.6 Å². The predicted molar refractivity (Wildman–Crippen MR) is 93.4 cm³/mol. The van der Waals surface area contributed by atoms with Gasteiger partial charge in [0, 0.05) is 32.7 Å². The van der Waals surface area contributed by atoms with Crippen LogP contribution in [0.25, 0.3) is 0 Å². The van der Waals surface area contributed by atoms with Crippen LogP contribution in [-0.4, -0.2) is 98.8 Å². The van der Waals surface area contributed by atoms with Gasteiger partial charge in [0.15, 0.2) is 0 Å². The van der Waals surface area contributed by atoms with Crippen LogP contribution in [0.15, 0.2) is 0 Å². The predicted octanol–water partition coefficient (Wildman–Crippen LogP) is 0.925. The molecule has 8 nitrogen and oxygen atoms in total. The van der Waals surface area contributed by atoms with E-state index < -0.39 is 22.2 Å². The van der Waals surface area contributed by atoms with Crippen LogP contribution in [-0.2, 0) is 24.3 Å². The summed E-state index contributed by atoms with van der Waals surface area (Å²) in [5.41, 5.74) is -0.238. The van der Waals surface area contributed by atoms with Crippen molar-refractivity contribution in [3.63, 3.8) is 0 Å². The van der Waals surface area contributed by atoms with E-state index in [9.17, 15) is 21.6 Å². The Hall–Kier alpha value is -0.950. The van der Waals surface area contributed by atoms with Gasteiger partial charge in [0.1, 0.15) is 0 Å². The maximum Gasteiger partial charge on any atom is 0.490 e. The van der Waals surface area contributed by atoms with Gasteiger partial charge in [-0.05, 0) is 25.7 Å². The topological polar surface area (TPSA) is 96.4 Å². The Kier molecular flexibility index (Phi) is 7.70. The van der Waals surface area contributed by atoms with Gasteiger partial charge in [0.05, 0.1) is 31.2 Å². The summed E-state index contributed by atoms with van der Waals surface area (Å²) in [4.78, 5) is 11.3. The molecule has 3 aliphatic rings. The average molecular weight is 432 g/mol. The summed E-state index contributed by atoms with van der Waals surface area (Å²) < 4.78 is 68.5. The molecule has 0 saturated carbocycles. The van der Waals surface area contributed by atoms with Crippen molar-refractivity contribution in [1.29, 1.82) is 0 Å². The highest BCUT2D eigenvalue weighted by molar-refractivity contribution is 7.88. The van der Waals surface area contributed by atoms with Crippen molar-refractivity contribution in [3.05, 3.63) is 0 Å². The molecule has 3 aliphatic heterocycles. The molecule has 0 radical (unpaired) electrons. The number of carbonyl (C=O) groups is 1. The third-order valence-electron chi connectivity index (χ3n) is 5.13. The van der Waals surface area contributed by atoms with E-state index in [0.29, 0.717) is 13.1 Å². The van der Waals surface area contributed by atoms with Crippen molar-refractivity contribution in [3.8, 4) is 0 Å². The fourth-order valence-corrected chi connectivity index (χ4v) is 4.61. The van der Waals surface area contributed by atoms with Crippen LogP contribution in [0, 0.1) is 0 Å². The van der Waals surface area contributed by atoms with E-state index in [1.807, 2.05) is 0 Å². The Labute approximate surface area is 162 Å². The third-order valence-corrected chi connectivity index (χ3v) is 6.38. The molecule has 1 N–H and O–H groups in total. The van der Waals surface area contributed by atoms with Crippen molar-refractivity contribution in [2.75, 3.05) is 52.2 Å². The fraction of sp³-hybridized carbons (Fsp3) is 0.938. The lowest BCUT2D eigenvalue weighted by molar-refractivity contribution is -0.192. The molecule has 2 atom stereocenters. The van der Waals surface area contributed by atoms with Crippen LogP contribution in [0.4, 0.5) is 13.2 Å². The lowest BCUT2D eigenvalue weighted by Gasteiger charge is -2.41. The number of ether oxygens (including phenoxy) is 2. The fourth-order valence-electron chi connectivity index (χ4n) is 3.71. The highest BCUT2D eigenvalue weighted by Crippen LogP contribution is 2.37. The molecule has 0 aromatic carbocycles. The number of carboxylic acids is 1. The summed E-state index contributed by atoms with van der Waals surface area (Å²) in [5, 5.41) is 7.12. The van der Waals surface area contributed by atoms with Gasteiger partial charge < -0.3 is 14.6 Å². The first-order chi connectivity index (χ1) is 12.9. The van der Waals surface area contributed by atoms with Crippen molar-refractivity contribution < 1.29 is 41.0 Å². The van der Waals surface area contributed by atoms with Gasteiger partial charge in [-0.2, -0.15) is 17.5 Å². The van der Waals surface area contributed by atoms with Crippen LogP contribution < -0.4 is 0 Å². The van der Waals surface area contributed by atoms with Gasteiger partial charge in [-0.1, -0.05) is 0 Å². The van der Waals surface area contributed by atoms with E-state index >= 15 is 0 Å². The first kappa shape index (κ1) is 23.3. The van der Waals surface area contributed by atoms with Crippen molar-refractivity contribution >= 4 is 16.0 Å². The second-order valence-corrected chi connectivity index (χ2v) is 9.36. The highest BCUT2D eigenvalue weighted by Gasteiger charge is 2.45. The minimum Gasteiger partial charge on any atom is -0.475 e. The molecule has 0 aromatic rings. The van der Waals surface area contributed by atoms with Crippen molar-refractivity contribution in [2.24, 2.45) is 0 Å². The lowest BCUT2D eigenvalue weighted by atomic mass is 9.90. The van der Waals surface area contributed by atoms with Crippen LogP contribution in [0.5, 0.6) is 0 Å². The van der Waals surface area contributed by atoms with Crippen LogP contribution in [0.2, 0.25) is 0 Å². The van der Waals surface area contributed by atoms with E-state index in [1.165, 1.54) is 6.26 Å². The minimum atomic E-state index is -5.08. The number of sulfonamides is 1. The number of alkyl halides is 3. The SMILES string of the molecule is CS(=O)(=O)N1CC[C@]2(CCC[C@@H](CN3CCOCC3)O2)C1.O=C(O)C(F)(F)F. The maximum atomic E-state index is 11.7. The van der Waals surface area contributed by atoms with Gasteiger partial charge >= 0.3 is 12.1 Å². The molecule has 0 bridgehead atoms. The third kappa shape index (κ3) is 6.83. The number of halogens is 3. The Morgan fingerprint density at radius 2 is 1.82 bits per heavy atom. The zero-order valence-corrected chi connectivity index (χ0v) is 16.6. The Bertz CT molecular complexity index is 639. The zero-order chi connectivity index (χ0) is 21.0. The van der Waals surface area contributed by atoms with E-state index in [2.05, 4.69) is 4.90 Å². The molecule has 0 unspecified atom stereocenters. The Morgan fingerprint density at radius 3 is 2.32 bits per heavy atom. The normalized spacial score (nSPS) is 30.1. The Balaban J connectivity index is 0.000000345. The average Bonchev–Trinajstić information content (AvgIpc) is 2.99. The maximum absolute atomic E-state index is 11.7. The molecular weight excluding hydrogens is 405 g/mol. The van der Waals surface area contributed by atoms with E-state index in [0.717, 1.165) is 58.5 Å². The molecule has 0 aliphatic carbocycles. The van der Waals surface area contributed by atoms with Crippen molar-refractivity contribution in [1.82, 2.24) is 9.21 Å². The van der Waals surface area contributed by atoms with Gasteiger partial charge in [0.25, 0.3) is 0 Å². The molecule has 0 amide bonds. The standard InChI is InChI=1S/C14H26N2O4S.C2HF3O2/c1-21(17,18)16-6-5-14(12-16)4-2-3-13(20-14)11-15-7-9-19-10-8-15;3-2(4,5)1(6)7/h13H,2-12H2,1H3;(H,6,7)/t13-,14+;/m0./s1. The molecule has 3 saturated heterocycles. The number of morpholine rings is 1. The van der Waals surface area contributed by atoms with Gasteiger partial charge in [-0.25, -0.2) is 13.2 Å². The summed E-state index contributed by atoms with van der Waals surface area (Å²) in [6, 6.07) is 0. The summed E-state index contributed by atoms with van der Waals surface area (Å²) in [5.74, 6) is -2.76. The van der Waals surface area contributed by atoms with Crippen LogP contribution in [0.3, 0.4) is 0 Å². The summed E-state index contributed by atoms with van der Waals surface area (Å²) in [6.45, 7) is 5.64. The second kappa shape index (κ2) is 9.24. The largest absolute Gasteiger partial charge is 0.490 e. The van der Waals surface area contributed by atoms with E-state index in [1.54, 1.807) is 4.31 Å². The molecular formula is C16H27F3N2O6S. The van der Waals surface area contributed by atoms with Gasteiger partial charge in [-0.3, -0.25) is 4.90 Å². The summed E-state index contributed by atoms with van der Waals surface area (Å²) in [7, 11) is -3.10.